The van der Waals surface area contributed by atoms with E-state index in [4.69, 9.17) is 8.75 Å². The molecule has 0 aromatic carbocycles. The highest BCUT2D eigenvalue weighted by molar-refractivity contribution is 8.00. The average Bonchev–Trinajstić information content (AvgIpc) is 3.80. The summed E-state index contributed by atoms with van der Waals surface area (Å²) in [6.45, 7) is 4.56. The largest absolute Gasteiger partial charge is 0.171 e. The van der Waals surface area contributed by atoms with Crippen molar-refractivity contribution >= 4 is 77.7 Å². The molecule has 6 heterocycles. The van der Waals surface area contributed by atoms with Crippen molar-refractivity contribution in [2.24, 2.45) is 0 Å². The minimum Gasteiger partial charge on any atom is -0.171 e. The molecule has 0 atom stereocenters. The monoisotopic (exact) mass is 638 g/mol. The Hall–Kier alpha value is -1.68. The molecular formula is C32H34N2S6. The first-order valence-corrected chi connectivity index (χ1v) is 19.3. The van der Waals surface area contributed by atoms with Crippen molar-refractivity contribution in [3.05, 3.63) is 79.4 Å². The Morgan fingerprint density at radius 1 is 0.550 bits per heavy atom. The number of aryl methyl sites for hydroxylation is 2. The molecule has 5 aromatic heterocycles. The highest BCUT2D eigenvalue weighted by Gasteiger charge is 2.27. The van der Waals surface area contributed by atoms with E-state index in [1.807, 2.05) is 56.3 Å². The summed E-state index contributed by atoms with van der Waals surface area (Å²) in [4.78, 5) is 10.8. The SMILES string of the molecule is CCCCCCc1ccsc1-c1ccc(C2=S=C(c3ccc(-c4sccc4CCCCCC)s3)c3nsnc32)s1. The van der Waals surface area contributed by atoms with E-state index in [-0.39, 0.29) is 0 Å². The molecule has 0 amide bonds. The number of fused-ring (bicyclic) bond motifs is 1. The molecule has 0 saturated carbocycles. The van der Waals surface area contributed by atoms with Crippen LogP contribution in [0, 0.1) is 0 Å². The zero-order valence-corrected chi connectivity index (χ0v) is 27.9. The van der Waals surface area contributed by atoms with Crippen LogP contribution < -0.4 is 0 Å². The number of hydrogen-bond acceptors (Lipinski definition) is 7. The summed E-state index contributed by atoms with van der Waals surface area (Å²) in [5, 5.41) is 4.52. The van der Waals surface area contributed by atoms with Crippen LogP contribution in [0.5, 0.6) is 0 Å². The van der Waals surface area contributed by atoms with E-state index in [2.05, 4.69) is 61.0 Å². The first kappa shape index (κ1) is 28.4. The van der Waals surface area contributed by atoms with Crippen LogP contribution in [0.25, 0.3) is 19.5 Å². The van der Waals surface area contributed by atoms with Gasteiger partial charge in [0.25, 0.3) is 0 Å². The molecule has 6 rings (SSSR count). The lowest BCUT2D eigenvalue weighted by molar-refractivity contribution is 0.668. The summed E-state index contributed by atoms with van der Waals surface area (Å²) in [6, 6.07) is 13.9. The Bertz CT molecular complexity index is 1520. The smallest absolute Gasteiger partial charge is 0.124 e. The van der Waals surface area contributed by atoms with Gasteiger partial charge in [-0.25, -0.2) is 0 Å². The summed E-state index contributed by atoms with van der Waals surface area (Å²) in [5.74, 6) is 0. The summed E-state index contributed by atoms with van der Waals surface area (Å²) in [6.07, 6.45) is 12.8. The van der Waals surface area contributed by atoms with E-state index < -0.39 is 0 Å². The molecule has 0 unspecified atom stereocenters. The summed E-state index contributed by atoms with van der Waals surface area (Å²) < 4.78 is 9.53. The predicted molar refractivity (Wildman–Crippen MR) is 185 cm³/mol. The molecule has 0 bridgehead atoms. The number of thiophene rings is 4. The maximum absolute atomic E-state index is 4.77. The van der Waals surface area contributed by atoms with Crippen LogP contribution in [-0.4, -0.2) is 18.5 Å². The second-order valence-electron chi connectivity index (χ2n) is 10.2. The minimum atomic E-state index is 1.06. The lowest BCUT2D eigenvalue weighted by atomic mass is 10.1. The minimum absolute atomic E-state index is 1.06. The van der Waals surface area contributed by atoms with Crippen LogP contribution in [0.3, 0.4) is 0 Å². The van der Waals surface area contributed by atoms with Gasteiger partial charge in [-0.15, -0.1) is 56.3 Å². The third-order valence-corrected chi connectivity index (χ3v) is 13.8. The second kappa shape index (κ2) is 13.5. The third-order valence-electron chi connectivity index (χ3n) is 7.32. The van der Waals surface area contributed by atoms with Crippen molar-refractivity contribution in [2.75, 3.05) is 0 Å². The molecule has 5 aromatic rings. The fourth-order valence-electron chi connectivity index (χ4n) is 5.17. The first-order chi connectivity index (χ1) is 19.8. The fraction of sp³-hybridized carbons (Fsp3) is 0.375. The van der Waals surface area contributed by atoms with E-state index in [0.29, 0.717) is 0 Å². The van der Waals surface area contributed by atoms with Gasteiger partial charge in [0.05, 0.1) is 21.5 Å². The fourth-order valence-corrected chi connectivity index (χ4v) is 11.5. The maximum atomic E-state index is 4.77. The summed E-state index contributed by atoms with van der Waals surface area (Å²) in [5.41, 5.74) is 5.14. The van der Waals surface area contributed by atoms with Crippen molar-refractivity contribution in [1.82, 2.24) is 8.75 Å². The molecule has 1 aliphatic heterocycles. The maximum Gasteiger partial charge on any atom is 0.124 e. The molecule has 208 valence electrons. The van der Waals surface area contributed by atoms with Crippen molar-refractivity contribution in [2.45, 2.75) is 78.1 Å². The van der Waals surface area contributed by atoms with Gasteiger partial charge in [-0.2, -0.15) is 8.75 Å². The number of rotatable bonds is 14. The molecule has 0 aliphatic carbocycles. The molecule has 0 saturated heterocycles. The highest BCUT2D eigenvalue weighted by Crippen LogP contribution is 2.40. The van der Waals surface area contributed by atoms with Crippen molar-refractivity contribution < 1.29 is 0 Å². The van der Waals surface area contributed by atoms with Gasteiger partial charge in [-0.1, -0.05) is 52.4 Å². The Morgan fingerprint density at radius 3 is 1.50 bits per heavy atom. The van der Waals surface area contributed by atoms with Crippen LogP contribution in [0.2, 0.25) is 0 Å². The standard InChI is InChI=1S/C32H34N2S6/c1-3-5-7-9-11-21-17-19-35-29(21)23-13-15-25(37-23)31-27-28(34-40-33-27)32(39-31)26-16-14-24(38-26)30-22(18-20-36-30)12-10-8-6-4-2/h13-20H,3-12H2,1-2H3. The lowest BCUT2D eigenvalue weighted by Gasteiger charge is -2.02. The lowest BCUT2D eigenvalue weighted by Crippen LogP contribution is -2.01. The molecule has 8 heteroatoms. The van der Waals surface area contributed by atoms with Gasteiger partial charge in [0, 0.05) is 29.3 Å². The molecular weight excluding hydrogens is 605 g/mol. The van der Waals surface area contributed by atoms with E-state index in [1.54, 1.807) is 0 Å². The van der Waals surface area contributed by atoms with Crippen LogP contribution in [-0.2, 0) is 12.8 Å². The summed E-state index contributed by atoms with van der Waals surface area (Å²) in [7, 11) is 1.86. The number of nitrogens with zero attached hydrogens (tertiary/aromatic N) is 2. The predicted octanol–water partition coefficient (Wildman–Crippen LogP) is 11.2. The van der Waals surface area contributed by atoms with Gasteiger partial charge < -0.3 is 0 Å². The number of aromatic nitrogens is 2. The van der Waals surface area contributed by atoms with E-state index in [1.165, 1.54) is 126 Å². The quantitative estimate of drug-likeness (QED) is 0.0876. The molecule has 0 spiro atoms. The van der Waals surface area contributed by atoms with E-state index in [9.17, 15) is 0 Å². The normalized spacial score (nSPS) is 12.8. The Kier molecular flexibility index (Phi) is 9.62. The molecule has 0 fully saturated rings. The van der Waals surface area contributed by atoms with Gasteiger partial charge in [0.15, 0.2) is 0 Å². The zero-order valence-electron chi connectivity index (χ0n) is 23.0. The summed E-state index contributed by atoms with van der Waals surface area (Å²) >= 11 is 8.92. The molecule has 1 aliphatic rings. The Labute approximate surface area is 261 Å². The van der Waals surface area contributed by atoms with Gasteiger partial charge in [0.1, 0.15) is 11.4 Å². The third kappa shape index (κ3) is 6.08. The van der Waals surface area contributed by atoms with Crippen LogP contribution >= 0.6 is 68.0 Å². The van der Waals surface area contributed by atoms with E-state index >= 15 is 0 Å². The van der Waals surface area contributed by atoms with E-state index in [0.717, 1.165) is 11.4 Å². The van der Waals surface area contributed by atoms with Crippen LogP contribution in [0.15, 0.2) is 47.2 Å². The molecule has 0 N–H and O–H groups in total. The molecule has 40 heavy (non-hydrogen) atoms. The first-order valence-electron chi connectivity index (χ1n) is 14.4. The number of hydrogen-bond donors (Lipinski definition) is 0. The second-order valence-corrected chi connectivity index (χ2v) is 15.8. The topological polar surface area (TPSA) is 25.8 Å². The molecule has 0 radical (unpaired) electrons. The van der Waals surface area contributed by atoms with Crippen molar-refractivity contribution in [3.63, 3.8) is 0 Å². The van der Waals surface area contributed by atoms with Crippen molar-refractivity contribution in [1.29, 1.82) is 0 Å². The van der Waals surface area contributed by atoms with Gasteiger partial charge in [-0.05, 0) is 84.0 Å². The van der Waals surface area contributed by atoms with Gasteiger partial charge in [0.2, 0.25) is 0 Å². The Morgan fingerprint density at radius 2 is 1.02 bits per heavy atom. The molecule has 2 nitrogen and oxygen atoms in total. The van der Waals surface area contributed by atoms with Crippen LogP contribution in [0.1, 0.15) is 97.5 Å². The number of unbranched alkanes of at least 4 members (excludes halogenated alkanes) is 6. The van der Waals surface area contributed by atoms with Gasteiger partial charge in [-0.3, -0.25) is 0 Å². The average molecular weight is 639 g/mol. The Balaban J connectivity index is 1.26. The van der Waals surface area contributed by atoms with Gasteiger partial charge >= 0.3 is 0 Å². The zero-order chi connectivity index (χ0) is 27.3. The highest BCUT2D eigenvalue weighted by atomic mass is 32.1. The van der Waals surface area contributed by atoms with Crippen LogP contribution in [0.4, 0.5) is 0 Å². The van der Waals surface area contributed by atoms with Crippen molar-refractivity contribution in [3.8, 4) is 19.5 Å².